The van der Waals surface area contributed by atoms with E-state index < -0.39 is 0 Å². The zero-order valence-electron chi connectivity index (χ0n) is 17.2. The van der Waals surface area contributed by atoms with Gasteiger partial charge in [0.05, 0.1) is 38.9 Å². The van der Waals surface area contributed by atoms with Crippen molar-refractivity contribution in [2.75, 3.05) is 6.61 Å². The van der Waals surface area contributed by atoms with Gasteiger partial charge in [-0.1, -0.05) is 24.3 Å². The minimum absolute atomic E-state index is 0.577. The molecule has 6 nitrogen and oxygen atoms in total. The van der Waals surface area contributed by atoms with Crippen molar-refractivity contribution in [3.63, 3.8) is 0 Å². The second kappa shape index (κ2) is 9.25. The minimum Gasteiger partial charge on any atom is -0.494 e. The van der Waals surface area contributed by atoms with Crippen molar-refractivity contribution in [2.45, 2.75) is 6.92 Å². The largest absolute Gasteiger partial charge is 0.494 e. The number of hydrazone groups is 1. The zero-order chi connectivity index (χ0) is 21.8. The predicted molar refractivity (Wildman–Crippen MR) is 134 cm³/mol. The number of para-hydroxylation sites is 2. The van der Waals surface area contributed by atoms with Crippen LogP contribution < -0.4 is 10.2 Å². The zero-order valence-corrected chi connectivity index (χ0v) is 18.9. The summed E-state index contributed by atoms with van der Waals surface area (Å²) >= 11 is 3.16. The molecule has 0 aliphatic carbocycles. The number of benzene rings is 3. The van der Waals surface area contributed by atoms with Gasteiger partial charge >= 0.3 is 0 Å². The third-order valence-corrected chi connectivity index (χ3v) is 6.56. The molecule has 32 heavy (non-hydrogen) atoms. The number of aromatic nitrogens is 2. The molecule has 0 amide bonds. The summed E-state index contributed by atoms with van der Waals surface area (Å²) in [6, 6.07) is 23.7. The van der Waals surface area contributed by atoms with E-state index in [4.69, 9.17) is 14.7 Å². The average Bonchev–Trinajstić information content (AvgIpc) is 3.43. The third kappa shape index (κ3) is 4.51. The Morgan fingerprint density at radius 3 is 2.28 bits per heavy atom. The predicted octanol–water partition coefficient (Wildman–Crippen LogP) is 6.01. The van der Waals surface area contributed by atoms with Crippen molar-refractivity contribution in [1.82, 2.24) is 15.4 Å². The van der Waals surface area contributed by atoms with Crippen molar-refractivity contribution in [3.05, 3.63) is 82.8 Å². The van der Waals surface area contributed by atoms with Crippen LogP contribution in [0.15, 0.2) is 82.9 Å². The van der Waals surface area contributed by atoms with Gasteiger partial charge in [0.15, 0.2) is 10.8 Å². The highest BCUT2D eigenvalue weighted by Crippen LogP contribution is 2.24. The molecule has 0 unspecified atom stereocenters. The molecule has 158 valence electrons. The van der Waals surface area contributed by atoms with Crippen molar-refractivity contribution < 1.29 is 4.74 Å². The van der Waals surface area contributed by atoms with Crippen LogP contribution in [0.5, 0.6) is 5.75 Å². The number of hydrogen-bond donors (Lipinski definition) is 1. The number of fused-ring (bicyclic) bond motifs is 2. The van der Waals surface area contributed by atoms with Crippen LogP contribution in [-0.4, -0.2) is 28.6 Å². The fourth-order valence-electron chi connectivity index (χ4n) is 3.10. The first-order valence-electron chi connectivity index (χ1n) is 10.1. The molecule has 0 saturated heterocycles. The first-order valence-corrected chi connectivity index (χ1v) is 11.7. The smallest absolute Gasteiger partial charge is 0.183 e. The first-order chi connectivity index (χ1) is 15.8. The lowest BCUT2D eigenvalue weighted by Gasteiger charge is -2.04. The van der Waals surface area contributed by atoms with E-state index in [1.807, 2.05) is 67.6 Å². The Morgan fingerprint density at radius 2 is 1.59 bits per heavy atom. The number of rotatable bonds is 6. The molecule has 0 aliphatic heterocycles. The Balaban J connectivity index is 1.45. The molecule has 2 heterocycles. The maximum atomic E-state index is 5.53. The lowest BCUT2D eigenvalue weighted by molar-refractivity contribution is 0.340. The van der Waals surface area contributed by atoms with Gasteiger partial charge in [-0.15, -0.1) is 22.7 Å². The fraction of sp³-hybridized carbons (Fsp3) is 0.0833. The number of nitrogens with zero attached hydrogens (tertiary/aromatic N) is 4. The summed E-state index contributed by atoms with van der Waals surface area (Å²) in [5.41, 5.74) is 5.76. The van der Waals surface area contributed by atoms with Gasteiger partial charge in [0.25, 0.3) is 0 Å². The van der Waals surface area contributed by atoms with E-state index >= 15 is 0 Å². The summed E-state index contributed by atoms with van der Waals surface area (Å²) < 4.78 is 7.75. The monoisotopic (exact) mass is 457 g/mol. The number of hydrogen-bond acceptors (Lipinski definition) is 7. The fourth-order valence-corrected chi connectivity index (χ4v) is 4.85. The molecule has 1 N–H and O–H groups in total. The lowest BCUT2D eigenvalue weighted by Crippen LogP contribution is -2.18. The molecule has 0 saturated carbocycles. The Bertz CT molecular complexity index is 1350. The van der Waals surface area contributed by atoms with Gasteiger partial charge in [0.1, 0.15) is 10.8 Å². The minimum atomic E-state index is 0.577. The molecular formula is C24H19N5OS2. The summed E-state index contributed by atoms with van der Waals surface area (Å²) in [4.78, 5) is 14.1. The van der Waals surface area contributed by atoms with Crippen molar-refractivity contribution in [2.24, 2.45) is 10.1 Å². The highest BCUT2D eigenvalue weighted by Gasteiger charge is 2.11. The molecule has 0 radical (unpaired) electrons. The van der Waals surface area contributed by atoms with E-state index in [1.54, 1.807) is 28.9 Å². The number of ether oxygens (including phenoxy) is 1. The molecule has 5 aromatic rings. The average molecular weight is 458 g/mol. The van der Waals surface area contributed by atoms with Crippen LogP contribution >= 0.6 is 22.7 Å². The SMILES string of the molecule is CCOc1ccc(N=C(NN=Cc2nc3ccccc3s2)c2nc3ccccc3s2)cc1. The number of aliphatic imine (C=N–C) groups is 1. The molecule has 0 bridgehead atoms. The van der Waals surface area contributed by atoms with Gasteiger partial charge in [0.2, 0.25) is 0 Å². The van der Waals surface area contributed by atoms with E-state index in [1.165, 1.54) is 0 Å². The van der Waals surface area contributed by atoms with Crippen molar-refractivity contribution in [3.8, 4) is 5.75 Å². The van der Waals surface area contributed by atoms with Crippen LogP contribution in [0, 0.1) is 0 Å². The van der Waals surface area contributed by atoms with E-state index in [9.17, 15) is 0 Å². The number of thiazole rings is 2. The molecule has 3 aromatic carbocycles. The first kappa shape index (κ1) is 20.3. The lowest BCUT2D eigenvalue weighted by atomic mass is 10.3. The molecule has 8 heteroatoms. The van der Waals surface area contributed by atoms with Gasteiger partial charge in [-0.25, -0.2) is 15.0 Å². The standard InChI is InChI=1S/C24H19N5OS2/c1-2-30-17-13-11-16(12-14-17)26-23(24-28-19-8-4-6-10-21(19)32-24)29-25-15-22-27-18-7-3-5-9-20(18)31-22/h3-15H,2H2,1H3,(H,26,29). The van der Waals surface area contributed by atoms with Gasteiger partial charge < -0.3 is 4.74 Å². The van der Waals surface area contributed by atoms with E-state index in [0.29, 0.717) is 12.4 Å². The Morgan fingerprint density at radius 1 is 0.906 bits per heavy atom. The number of nitrogens with one attached hydrogen (secondary N) is 1. The summed E-state index contributed by atoms with van der Waals surface area (Å²) in [5.74, 6) is 1.39. The molecule has 5 rings (SSSR count). The second-order valence-electron chi connectivity index (χ2n) is 6.76. The Hall–Kier alpha value is -3.62. The van der Waals surface area contributed by atoms with Crippen molar-refractivity contribution >= 4 is 60.8 Å². The maximum absolute atomic E-state index is 5.53. The number of amidine groups is 1. The van der Waals surface area contributed by atoms with Crippen LogP contribution in [0.25, 0.3) is 20.4 Å². The normalized spacial score (nSPS) is 12.1. The van der Waals surface area contributed by atoms with E-state index in [2.05, 4.69) is 27.6 Å². The van der Waals surface area contributed by atoms with Crippen LogP contribution in [0.1, 0.15) is 16.9 Å². The topological polar surface area (TPSA) is 71.8 Å². The van der Waals surface area contributed by atoms with Gasteiger partial charge in [0, 0.05) is 0 Å². The molecule has 0 aliphatic rings. The van der Waals surface area contributed by atoms with Gasteiger partial charge in [-0.05, 0) is 55.5 Å². The summed E-state index contributed by atoms with van der Waals surface area (Å²) in [5, 5.41) is 6.00. The third-order valence-electron chi connectivity index (χ3n) is 4.54. The molecule has 2 aromatic heterocycles. The highest BCUT2D eigenvalue weighted by molar-refractivity contribution is 7.20. The maximum Gasteiger partial charge on any atom is 0.183 e. The van der Waals surface area contributed by atoms with Crippen LogP contribution in [0.4, 0.5) is 5.69 Å². The van der Waals surface area contributed by atoms with E-state index in [-0.39, 0.29) is 0 Å². The molecule has 0 atom stereocenters. The van der Waals surface area contributed by atoms with Crippen molar-refractivity contribution in [1.29, 1.82) is 0 Å². The van der Waals surface area contributed by atoms with Crippen LogP contribution in [0.2, 0.25) is 0 Å². The summed E-state index contributed by atoms with van der Waals surface area (Å²) in [7, 11) is 0. The Kier molecular flexibility index (Phi) is 5.87. The second-order valence-corrected chi connectivity index (χ2v) is 8.86. The van der Waals surface area contributed by atoms with Gasteiger partial charge in [-0.2, -0.15) is 5.10 Å². The summed E-state index contributed by atoms with van der Waals surface area (Å²) in [6.07, 6.45) is 1.71. The quantitative estimate of drug-likeness (QED) is 0.193. The van der Waals surface area contributed by atoms with E-state index in [0.717, 1.165) is 41.9 Å². The van der Waals surface area contributed by atoms with Crippen LogP contribution in [0.3, 0.4) is 0 Å². The van der Waals surface area contributed by atoms with Gasteiger partial charge in [-0.3, -0.25) is 5.43 Å². The molecule has 0 fully saturated rings. The van der Waals surface area contributed by atoms with Crippen LogP contribution in [-0.2, 0) is 0 Å². The Labute approximate surface area is 193 Å². The molecular weight excluding hydrogens is 438 g/mol. The summed E-state index contributed by atoms with van der Waals surface area (Å²) in [6.45, 7) is 2.59. The highest BCUT2D eigenvalue weighted by atomic mass is 32.1. The molecule has 0 spiro atoms.